The molecule has 0 aliphatic rings. The van der Waals surface area contributed by atoms with E-state index in [1.807, 2.05) is 18.2 Å². The Balaban J connectivity index is 1.97. The van der Waals surface area contributed by atoms with Crippen LogP contribution < -0.4 is 10.6 Å². The first-order valence-corrected chi connectivity index (χ1v) is 7.24. The monoisotopic (exact) mass is 334 g/mol. The molecule has 23 heavy (non-hydrogen) atoms. The number of pyridine rings is 1. The number of hydrogen-bond donors (Lipinski definition) is 2. The van der Waals surface area contributed by atoms with Gasteiger partial charge >= 0.3 is 0 Å². The molecule has 1 aromatic heterocycles. The van der Waals surface area contributed by atoms with E-state index in [2.05, 4.69) is 15.6 Å². The van der Waals surface area contributed by atoms with Crippen LogP contribution in [0.2, 0.25) is 5.02 Å². The molecule has 7 nitrogen and oxygen atoms in total. The Kier molecular flexibility index (Phi) is 5.48. The van der Waals surface area contributed by atoms with Gasteiger partial charge in [0.25, 0.3) is 11.6 Å². The second-order valence-electron chi connectivity index (χ2n) is 4.74. The SMILES string of the molecule is CNC(=O)c1cccc(CCNc2ncc([N+](=O)[O-])cc2Cl)c1. The normalized spacial score (nSPS) is 10.2. The predicted molar refractivity (Wildman–Crippen MR) is 87.9 cm³/mol. The molecule has 2 rings (SSSR count). The van der Waals surface area contributed by atoms with Gasteiger partial charge in [0, 0.05) is 25.2 Å². The average Bonchev–Trinajstić information content (AvgIpc) is 2.55. The van der Waals surface area contributed by atoms with Crippen LogP contribution in [0.5, 0.6) is 0 Å². The molecule has 1 heterocycles. The summed E-state index contributed by atoms with van der Waals surface area (Å²) in [5.74, 6) is 0.250. The van der Waals surface area contributed by atoms with Crippen molar-refractivity contribution in [3.05, 3.63) is 62.8 Å². The maximum absolute atomic E-state index is 11.6. The van der Waals surface area contributed by atoms with E-state index in [1.54, 1.807) is 13.1 Å². The van der Waals surface area contributed by atoms with Crippen molar-refractivity contribution in [2.24, 2.45) is 0 Å². The molecule has 0 spiro atoms. The highest BCUT2D eigenvalue weighted by atomic mass is 35.5. The summed E-state index contributed by atoms with van der Waals surface area (Å²) < 4.78 is 0. The van der Waals surface area contributed by atoms with Gasteiger partial charge in [-0.2, -0.15) is 0 Å². The van der Waals surface area contributed by atoms with Crippen LogP contribution in [0.3, 0.4) is 0 Å². The molecule has 1 amide bonds. The van der Waals surface area contributed by atoms with Crippen molar-refractivity contribution in [3.8, 4) is 0 Å². The zero-order chi connectivity index (χ0) is 16.8. The molecule has 0 saturated heterocycles. The minimum absolute atomic E-state index is 0.139. The highest BCUT2D eigenvalue weighted by molar-refractivity contribution is 6.33. The first-order valence-electron chi connectivity index (χ1n) is 6.86. The van der Waals surface area contributed by atoms with Gasteiger partial charge in [0.1, 0.15) is 12.0 Å². The summed E-state index contributed by atoms with van der Waals surface area (Å²) in [6.45, 7) is 0.529. The van der Waals surface area contributed by atoms with Crippen LogP contribution in [0.4, 0.5) is 11.5 Å². The number of rotatable bonds is 6. The van der Waals surface area contributed by atoms with Crippen LogP contribution >= 0.6 is 11.6 Å². The lowest BCUT2D eigenvalue weighted by molar-refractivity contribution is -0.385. The predicted octanol–water partition coefficient (Wildman–Crippen LogP) is 2.66. The fraction of sp³-hybridized carbons (Fsp3) is 0.200. The van der Waals surface area contributed by atoms with E-state index in [0.29, 0.717) is 24.3 Å². The molecule has 0 radical (unpaired) electrons. The quantitative estimate of drug-likeness (QED) is 0.625. The van der Waals surface area contributed by atoms with Crippen LogP contribution in [0.25, 0.3) is 0 Å². The minimum Gasteiger partial charge on any atom is -0.368 e. The highest BCUT2D eigenvalue weighted by Gasteiger charge is 2.10. The van der Waals surface area contributed by atoms with E-state index in [1.165, 1.54) is 6.07 Å². The lowest BCUT2D eigenvalue weighted by atomic mass is 10.1. The van der Waals surface area contributed by atoms with Gasteiger partial charge in [-0.05, 0) is 24.1 Å². The largest absolute Gasteiger partial charge is 0.368 e. The van der Waals surface area contributed by atoms with Crippen LogP contribution in [-0.4, -0.2) is 29.4 Å². The number of anilines is 1. The van der Waals surface area contributed by atoms with Crippen LogP contribution in [0.1, 0.15) is 15.9 Å². The van der Waals surface area contributed by atoms with E-state index in [4.69, 9.17) is 11.6 Å². The van der Waals surface area contributed by atoms with Crippen molar-refractivity contribution < 1.29 is 9.72 Å². The number of amides is 1. The molecule has 120 valence electrons. The lowest BCUT2D eigenvalue weighted by Crippen LogP contribution is -2.18. The number of aromatic nitrogens is 1. The van der Waals surface area contributed by atoms with Gasteiger partial charge in [-0.25, -0.2) is 4.98 Å². The molecule has 2 aromatic rings. The third kappa shape index (κ3) is 4.40. The molecule has 0 unspecified atom stereocenters. The van der Waals surface area contributed by atoms with Gasteiger partial charge in [0.15, 0.2) is 0 Å². The van der Waals surface area contributed by atoms with Crippen molar-refractivity contribution >= 4 is 29.0 Å². The maximum atomic E-state index is 11.6. The number of nitrogens with one attached hydrogen (secondary N) is 2. The fourth-order valence-corrected chi connectivity index (χ4v) is 2.22. The van der Waals surface area contributed by atoms with Crippen molar-refractivity contribution in [1.82, 2.24) is 10.3 Å². The van der Waals surface area contributed by atoms with Gasteiger partial charge in [-0.1, -0.05) is 23.7 Å². The van der Waals surface area contributed by atoms with Crippen LogP contribution in [0.15, 0.2) is 36.5 Å². The number of halogens is 1. The van der Waals surface area contributed by atoms with Gasteiger partial charge < -0.3 is 10.6 Å². The summed E-state index contributed by atoms with van der Waals surface area (Å²) >= 11 is 5.96. The lowest BCUT2D eigenvalue weighted by Gasteiger charge is -2.08. The van der Waals surface area contributed by atoms with Crippen molar-refractivity contribution in [1.29, 1.82) is 0 Å². The Labute approximate surface area is 137 Å². The summed E-state index contributed by atoms with van der Waals surface area (Å²) in [4.78, 5) is 25.6. The molecule has 0 atom stereocenters. The molecular formula is C15H15ClN4O3. The number of nitrogens with zero attached hydrogens (tertiary/aromatic N) is 2. The third-order valence-electron chi connectivity index (χ3n) is 3.16. The molecule has 0 saturated carbocycles. The third-order valence-corrected chi connectivity index (χ3v) is 3.45. The standard InChI is InChI=1S/C15H15ClN4O3/c1-17-15(21)11-4-2-3-10(7-11)5-6-18-14-13(16)8-12(9-19-14)20(22)23/h2-4,7-9H,5-6H2,1H3,(H,17,21)(H,18,19). The van der Waals surface area contributed by atoms with E-state index in [-0.39, 0.29) is 16.6 Å². The second kappa shape index (κ2) is 7.55. The molecular weight excluding hydrogens is 320 g/mol. The molecule has 0 aliphatic carbocycles. The Hall–Kier alpha value is -2.67. The van der Waals surface area contributed by atoms with Crippen molar-refractivity contribution in [2.75, 3.05) is 18.9 Å². The van der Waals surface area contributed by atoms with Gasteiger partial charge in [-0.15, -0.1) is 0 Å². The summed E-state index contributed by atoms with van der Waals surface area (Å²) in [7, 11) is 1.58. The van der Waals surface area contributed by atoms with Gasteiger partial charge in [0.05, 0.1) is 9.95 Å². The molecule has 0 bridgehead atoms. The number of benzene rings is 1. The molecule has 2 N–H and O–H groups in total. The Bertz CT molecular complexity index is 736. The average molecular weight is 335 g/mol. The van der Waals surface area contributed by atoms with E-state index >= 15 is 0 Å². The fourth-order valence-electron chi connectivity index (χ4n) is 2.00. The van der Waals surface area contributed by atoms with Gasteiger partial charge in [-0.3, -0.25) is 14.9 Å². The highest BCUT2D eigenvalue weighted by Crippen LogP contribution is 2.23. The van der Waals surface area contributed by atoms with E-state index in [9.17, 15) is 14.9 Å². The topological polar surface area (TPSA) is 97.2 Å². The van der Waals surface area contributed by atoms with Crippen molar-refractivity contribution in [2.45, 2.75) is 6.42 Å². The van der Waals surface area contributed by atoms with Gasteiger partial charge in [0.2, 0.25) is 0 Å². The number of carbonyl (C=O) groups is 1. The van der Waals surface area contributed by atoms with Crippen molar-refractivity contribution in [3.63, 3.8) is 0 Å². The van der Waals surface area contributed by atoms with Crippen LogP contribution in [-0.2, 0) is 6.42 Å². The first-order chi connectivity index (χ1) is 11.0. The molecule has 8 heteroatoms. The number of nitro groups is 1. The number of hydrogen-bond acceptors (Lipinski definition) is 5. The zero-order valence-electron chi connectivity index (χ0n) is 12.4. The second-order valence-corrected chi connectivity index (χ2v) is 5.14. The summed E-state index contributed by atoms with van der Waals surface area (Å²) in [6, 6.07) is 8.54. The first kappa shape index (κ1) is 16.7. The summed E-state index contributed by atoms with van der Waals surface area (Å²) in [5.41, 5.74) is 1.42. The molecule has 0 aliphatic heterocycles. The Morgan fingerprint density at radius 3 is 2.83 bits per heavy atom. The Morgan fingerprint density at radius 2 is 2.17 bits per heavy atom. The maximum Gasteiger partial charge on any atom is 0.289 e. The van der Waals surface area contributed by atoms with E-state index < -0.39 is 4.92 Å². The minimum atomic E-state index is -0.549. The summed E-state index contributed by atoms with van der Waals surface area (Å²) in [6.07, 6.45) is 1.81. The molecule has 0 fully saturated rings. The number of carbonyl (C=O) groups excluding carboxylic acids is 1. The molecule has 1 aromatic carbocycles. The summed E-state index contributed by atoms with van der Waals surface area (Å²) in [5, 5.41) is 16.4. The van der Waals surface area contributed by atoms with Crippen LogP contribution in [0, 0.1) is 10.1 Å². The smallest absolute Gasteiger partial charge is 0.289 e. The Morgan fingerprint density at radius 1 is 1.39 bits per heavy atom. The zero-order valence-corrected chi connectivity index (χ0v) is 13.1. The van der Waals surface area contributed by atoms with E-state index in [0.717, 1.165) is 11.8 Å².